The third kappa shape index (κ3) is 5.61. The number of hydrogen-bond donors (Lipinski definition) is 1. The van der Waals surface area contributed by atoms with Gasteiger partial charge < -0.3 is 5.32 Å². The number of benzene rings is 2. The molecule has 0 radical (unpaired) electrons. The molecule has 6 heteroatoms. The highest BCUT2D eigenvalue weighted by atomic mass is 32.2. The molecular weight excluding hydrogens is 356 g/mol. The minimum absolute atomic E-state index is 0.0219. The summed E-state index contributed by atoms with van der Waals surface area (Å²) in [5.74, 6) is -0.768. The molecule has 0 aliphatic rings. The molecule has 3 nitrogen and oxygen atoms in total. The first-order chi connectivity index (χ1) is 12.1. The summed E-state index contributed by atoms with van der Waals surface area (Å²) in [5.41, 5.74) is 0.841. The van der Waals surface area contributed by atoms with Crippen LogP contribution in [0.25, 0.3) is 0 Å². The van der Waals surface area contributed by atoms with Gasteiger partial charge in [0.05, 0.1) is 10.6 Å². The summed E-state index contributed by atoms with van der Waals surface area (Å²) in [6.45, 7) is 6.72. The van der Waals surface area contributed by atoms with E-state index in [1.807, 2.05) is 0 Å². The van der Waals surface area contributed by atoms with Crippen LogP contribution < -0.4 is 5.32 Å². The van der Waals surface area contributed by atoms with E-state index in [-0.39, 0.29) is 27.9 Å². The summed E-state index contributed by atoms with van der Waals surface area (Å²) in [6.07, 6.45) is 0.424. The summed E-state index contributed by atoms with van der Waals surface area (Å²) < 4.78 is 50.7. The van der Waals surface area contributed by atoms with Gasteiger partial charge in [-0.25, -0.2) is 17.2 Å². The maximum absolute atomic E-state index is 13.2. The van der Waals surface area contributed by atoms with E-state index in [0.29, 0.717) is 13.0 Å². The summed E-state index contributed by atoms with van der Waals surface area (Å²) >= 11 is 0. The lowest BCUT2D eigenvalue weighted by molar-refractivity contribution is 0.273. The zero-order valence-electron chi connectivity index (χ0n) is 15.3. The lowest BCUT2D eigenvalue weighted by Gasteiger charge is -2.32. The first-order valence-corrected chi connectivity index (χ1v) is 10.2. The Morgan fingerprint density at radius 3 is 1.92 bits per heavy atom. The van der Waals surface area contributed by atoms with Crippen LogP contribution in [0.3, 0.4) is 0 Å². The Kier molecular flexibility index (Phi) is 6.53. The quantitative estimate of drug-likeness (QED) is 0.567. The Morgan fingerprint density at radius 1 is 0.923 bits per heavy atom. The predicted octanol–water partition coefficient (Wildman–Crippen LogP) is 4.51. The van der Waals surface area contributed by atoms with Gasteiger partial charge in [0.25, 0.3) is 0 Å². The fourth-order valence-corrected chi connectivity index (χ4v) is 4.16. The van der Waals surface area contributed by atoms with Crippen molar-refractivity contribution in [2.75, 3.05) is 12.3 Å². The number of hydrogen-bond acceptors (Lipinski definition) is 3. The van der Waals surface area contributed by atoms with Crippen LogP contribution in [-0.2, 0) is 9.84 Å². The van der Waals surface area contributed by atoms with E-state index in [9.17, 15) is 17.2 Å². The summed E-state index contributed by atoms with van der Waals surface area (Å²) in [4.78, 5) is 0.129. The smallest absolute Gasteiger partial charge is 0.178 e. The highest BCUT2D eigenvalue weighted by molar-refractivity contribution is 7.91. The van der Waals surface area contributed by atoms with Crippen LogP contribution in [0.2, 0.25) is 0 Å². The Hall–Kier alpha value is -1.79. The minimum Gasteiger partial charge on any atom is -0.309 e. The molecule has 1 atom stereocenters. The molecule has 142 valence electrons. The van der Waals surface area contributed by atoms with Crippen LogP contribution in [0.5, 0.6) is 0 Å². The zero-order valence-corrected chi connectivity index (χ0v) is 16.1. The third-order valence-corrected chi connectivity index (χ3v) is 6.00. The van der Waals surface area contributed by atoms with Gasteiger partial charge in [-0.2, -0.15) is 0 Å². The molecule has 0 aliphatic heterocycles. The Bertz CT molecular complexity index is 810. The fourth-order valence-electron chi connectivity index (χ4n) is 2.85. The molecule has 0 spiro atoms. The topological polar surface area (TPSA) is 46.2 Å². The molecule has 0 saturated carbocycles. The van der Waals surface area contributed by atoms with Crippen molar-refractivity contribution < 1.29 is 17.2 Å². The van der Waals surface area contributed by atoms with Crippen LogP contribution in [0, 0.1) is 17.0 Å². The Morgan fingerprint density at radius 2 is 1.42 bits per heavy atom. The number of nitrogens with one attached hydrogen (secondary N) is 1. The van der Waals surface area contributed by atoms with Crippen molar-refractivity contribution in [1.82, 2.24) is 5.32 Å². The van der Waals surface area contributed by atoms with Gasteiger partial charge in [0.2, 0.25) is 0 Å². The molecule has 1 N–H and O–H groups in total. The van der Waals surface area contributed by atoms with E-state index >= 15 is 0 Å². The van der Waals surface area contributed by atoms with Crippen LogP contribution >= 0.6 is 0 Å². The number of sulfone groups is 1. The van der Waals surface area contributed by atoms with Crippen molar-refractivity contribution >= 4 is 9.84 Å². The molecule has 0 aliphatic carbocycles. The van der Waals surface area contributed by atoms with Crippen LogP contribution in [-0.4, -0.2) is 20.7 Å². The third-order valence-electron chi connectivity index (χ3n) is 4.18. The molecule has 0 bridgehead atoms. The molecule has 0 fully saturated rings. The van der Waals surface area contributed by atoms with Crippen molar-refractivity contribution in [3.05, 3.63) is 65.7 Å². The zero-order chi connectivity index (χ0) is 19.4. The Labute approximate surface area is 154 Å². The van der Waals surface area contributed by atoms with Crippen molar-refractivity contribution in [1.29, 1.82) is 0 Å². The van der Waals surface area contributed by atoms with Crippen LogP contribution in [0.15, 0.2) is 53.4 Å². The maximum atomic E-state index is 13.2. The van der Waals surface area contributed by atoms with Gasteiger partial charge in [-0.1, -0.05) is 32.9 Å². The molecule has 2 aromatic carbocycles. The first kappa shape index (κ1) is 20.5. The SMILES string of the molecule is CC(C)(C)C(NCCCS(=O)(=O)c1ccc(F)cc1)c1ccc(F)cc1. The summed E-state index contributed by atoms with van der Waals surface area (Å²) in [7, 11) is -3.44. The molecule has 0 aromatic heterocycles. The second kappa shape index (κ2) is 8.27. The molecule has 2 rings (SSSR count). The molecule has 0 heterocycles. The average molecular weight is 381 g/mol. The van der Waals surface area contributed by atoms with Gasteiger partial charge in [-0.15, -0.1) is 0 Å². The van der Waals surface area contributed by atoms with E-state index < -0.39 is 15.7 Å². The lowest BCUT2D eigenvalue weighted by Crippen LogP contribution is -2.33. The largest absolute Gasteiger partial charge is 0.309 e. The highest BCUT2D eigenvalue weighted by Gasteiger charge is 2.26. The Balaban J connectivity index is 1.97. The highest BCUT2D eigenvalue weighted by Crippen LogP contribution is 2.32. The first-order valence-electron chi connectivity index (χ1n) is 8.57. The summed E-state index contributed by atoms with van der Waals surface area (Å²) in [5, 5.41) is 3.38. The van der Waals surface area contributed by atoms with Crippen LogP contribution in [0.4, 0.5) is 8.78 Å². The van der Waals surface area contributed by atoms with Gasteiger partial charge in [0, 0.05) is 6.04 Å². The van der Waals surface area contributed by atoms with E-state index in [4.69, 9.17) is 0 Å². The van der Waals surface area contributed by atoms with Gasteiger partial charge in [0.15, 0.2) is 9.84 Å². The number of rotatable bonds is 7. The van der Waals surface area contributed by atoms with Crippen molar-refractivity contribution in [2.45, 2.75) is 38.1 Å². The van der Waals surface area contributed by atoms with Crippen LogP contribution in [0.1, 0.15) is 38.8 Å². The van der Waals surface area contributed by atoms with Crippen molar-refractivity contribution in [2.24, 2.45) is 5.41 Å². The van der Waals surface area contributed by atoms with Crippen molar-refractivity contribution in [3.8, 4) is 0 Å². The van der Waals surface area contributed by atoms with Gasteiger partial charge in [-0.05, 0) is 60.3 Å². The van der Waals surface area contributed by atoms with Gasteiger partial charge in [-0.3, -0.25) is 0 Å². The van der Waals surface area contributed by atoms with E-state index in [1.54, 1.807) is 12.1 Å². The normalized spacial score (nSPS) is 13.6. The van der Waals surface area contributed by atoms with E-state index in [1.165, 1.54) is 24.3 Å². The van der Waals surface area contributed by atoms with Gasteiger partial charge >= 0.3 is 0 Å². The molecule has 26 heavy (non-hydrogen) atoms. The van der Waals surface area contributed by atoms with Crippen molar-refractivity contribution in [3.63, 3.8) is 0 Å². The second-order valence-electron chi connectivity index (χ2n) is 7.43. The molecule has 0 saturated heterocycles. The fraction of sp³-hybridized carbons (Fsp3) is 0.400. The monoisotopic (exact) mass is 381 g/mol. The second-order valence-corrected chi connectivity index (χ2v) is 9.54. The average Bonchev–Trinajstić information content (AvgIpc) is 2.55. The molecule has 0 amide bonds. The maximum Gasteiger partial charge on any atom is 0.178 e. The van der Waals surface area contributed by atoms with Gasteiger partial charge in [0.1, 0.15) is 11.6 Å². The van der Waals surface area contributed by atoms with E-state index in [0.717, 1.165) is 17.7 Å². The lowest BCUT2D eigenvalue weighted by atomic mass is 9.82. The van der Waals surface area contributed by atoms with E-state index in [2.05, 4.69) is 26.1 Å². The number of halogens is 2. The standard InChI is InChI=1S/C20H25F2NO2S/c1-20(2,3)19(15-5-7-16(21)8-6-15)23-13-4-14-26(24,25)18-11-9-17(22)10-12-18/h5-12,19,23H,4,13-14H2,1-3H3. The molecule has 1 unspecified atom stereocenters. The minimum atomic E-state index is -3.44. The predicted molar refractivity (Wildman–Crippen MR) is 99.7 cm³/mol. The summed E-state index contributed by atoms with van der Waals surface area (Å²) in [6, 6.07) is 11.2. The molecular formula is C20H25F2NO2S. The molecule has 2 aromatic rings.